The largest absolute Gasteiger partial charge is 0.467 e. The van der Waals surface area contributed by atoms with E-state index >= 15 is 0 Å². The van der Waals surface area contributed by atoms with Crippen LogP contribution in [0.15, 0.2) is 58.3 Å². The summed E-state index contributed by atoms with van der Waals surface area (Å²) in [5.41, 5.74) is 5.91. The molecule has 1 atom stereocenters. The first kappa shape index (κ1) is 18.9. The van der Waals surface area contributed by atoms with E-state index in [0.717, 1.165) is 5.76 Å². The average molecular weight is 384 g/mol. The molecule has 27 heavy (non-hydrogen) atoms. The molecule has 0 fully saturated rings. The molecule has 0 bridgehead atoms. The Morgan fingerprint density at radius 3 is 2.63 bits per heavy atom. The van der Waals surface area contributed by atoms with E-state index in [1.165, 1.54) is 11.8 Å². The van der Waals surface area contributed by atoms with E-state index in [4.69, 9.17) is 10.2 Å². The number of Topliss-reactive ketones (excluding diaryl/α,β-unsaturated/α-hetero) is 1. The van der Waals surface area contributed by atoms with E-state index in [9.17, 15) is 9.59 Å². The highest BCUT2D eigenvalue weighted by Gasteiger charge is 2.22. The number of aryl methyl sites for hydroxylation is 1. The molecule has 0 saturated carbocycles. The number of aromatic nitrogens is 3. The highest BCUT2D eigenvalue weighted by atomic mass is 32.2. The van der Waals surface area contributed by atoms with Crippen LogP contribution in [-0.2, 0) is 17.8 Å². The lowest BCUT2D eigenvalue weighted by Crippen LogP contribution is -2.16. The fourth-order valence-corrected chi connectivity index (χ4v) is 3.54. The number of carbonyl (C=O) groups is 2. The van der Waals surface area contributed by atoms with Crippen molar-refractivity contribution < 1.29 is 14.0 Å². The van der Waals surface area contributed by atoms with Crippen molar-refractivity contribution in [3.05, 3.63) is 65.9 Å². The van der Waals surface area contributed by atoms with Crippen molar-refractivity contribution in [1.29, 1.82) is 0 Å². The van der Waals surface area contributed by atoms with Gasteiger partial charge in [-0.25, -0.2) is 0 Å². The Morgan fingerprint density at radius 1 is 1.19 bits per heavy atom. The van der Waals surface area contributed by atoms with E-state index < -0.39 is 5.91 Å². The van der Waals surface area contributed by atoms with Crippen LogP contribution in [0.5, 0.6) is 0 Å². The molecular formula is C19H20N4O3S. The first-order chi connectivity index (χ1) is 13.0. The Balaban J connectivity index is 1.81. The van der Waals surface area contributed by atoms with Crippen LogP contribution < -0.4 is 5.73 Å². The molecule has 140 valence electrons. The minimum absolute atomic E-state index is 0.0202. The van der Waals surface area contributed by atoms with Gasteiger partial charge in [0.1, 0.15) is 11.6 Å². The number of primary amides is 1. The maximum atomic E-state index is 12.6. The Labute approximate surface area is 161 Å². The Morgan fingerprint density at radius 2 is 1.96 bits per heavy atom. The molecular weight excluding hydrogens is 364 g/mol. The van der Waals surface area contributed by atoms with Gasteiger partial charge in [-0.3, -0.25) is 14.2 Å². The fourth-order valence-electron chi connectivity index (χ4n) is 2.59. The number of nitrogens with two attached hydrogens (primary N) is 1. The van der Waals surface area contributed by atoms with Crippen molar-refractivity contribution in [2.24, 2.45) is 5.73 Å². The molecule has 8 heteroatoms. The number of benzene rings is 1. The highest BCUT2D eigenvalue weighted by Crippen LogP contribution is 2.26. The van der Waals surface area contributed by atoms with Gasteiger partial charge in [-0.1, -0.05) is 42.1 Å². The van der Waals surface area contributed by atoms with Crippen molar-refractivity contribution >= 4 is 23.5 Å². The third-order valence-electron chi connectivity index (χ3n) is 3.99. The molecule has 0 aliphatic rings. The van der Waals surface area contributed by atoms with Gasteiger partial charge in [0, 0.05) is 18.4 Å². The van der Waals surface area contributed by atoms with Crippen LogP contribution in [0.2, 0.25) is 0 Å². The molecule has 2 N–H and O–H groups in total. The Kier molecular flexibility index (Phi) is 6.08. The third-order valence-corrected chi connectivity index (χ3v) is 5.07. The number of hydrogen-bond acceptors (Lipinski definition) is 6. The van der Waals surface area contributed by atoms with Crippen LogP contribution in [0.4, 0.5) is 0 Å². The normalized spacial score (nSPS) is 12.0. The summed E-state index contributed by atoms with van der Waals surface area (Å²) in [4.78, 5) is 23.8. The monoisotopic (exact) mass is 384 g/mol. The van der Waals surface area contributed by atoms with Crippen LogP contribution >= 0.6 is 11.8 Å². The molecule has 7 nitrogen and oxygen atoms in total. The maximum Gasteiger partial charge on any atom is 0.217 e. The van der Waals surface area contributed by atoms with Gasteiger partial charge < -0.3 is 10.2 Å². The zero-order valence-corrected chi connectivity index (χ0v) is 15.7. The SMILES string of the molecule is C[C@H](Sc1nnc(CCC(N)=O)n1Cc1ccco1)C(=O)c1ccccc1. The minimum atomic E-state index is -0.399. The summed E-state index contributed by atoms with van der Waals surface area (Å²) in [6.45, 7) is 2.26. The molecule has 2 heterocycles. The van der Waals surface area contributed by atoms with Crippen LogP contribution in [0, 0.1) is 0 Å². The van der Waals surface area contributed by atoms with Gasteiger partial charge in [0.25, 0.3) is 0 Å². The lowest BCUT2D eigenvalue weighted by molar-refractivity contribution is -0.118. The summed E-state index contributed by atoms with van der Waals surface area (Å²) >= 11 is 1.33. The second-order valence-electron chi connectivity index (χ2n) is 6.02. The van der Waals surface area contributed by atoms with E-state index in [2.05, 4.69) is 10.2 Å². The lowest BCUT2D eigenvalue weighted by atomic mass is 10.1. The predicted molar refractivity (Wildman–Crippen MR) is 101 cm³/mol. The molecule has 0 spiro atoms. The van der Waals surface area contributed by atoms with E-state index in [1.54, 1.807) is 24.5 Å². The number of thioether (sulfide) groups is 1. The summed E-state index contributed by atoms with van der Waals surface area (Å²) in [5, 5.41) is 8.67. The number of amides is 1. The lowest BCUT2D eigenvalue weighted by Gasteiger charge is -2.12. The van der Waals surface area contributed by atoms with Crippen LogP contribution in [0.25, 0.3) is 0 Å². The van der Waals surface area contributed by atoms with Gasteiger partial charge in [0.15, 0.2) is 10.9 Å². The molecule has 0 radical (unpaired) electrons. The van der Waals surface area contributed by atoms with Crippen LogP contribution in [0.1, 0.15) is 35.3 Å². The minimum Gasteiger partial charge on any atom is -0.467 e. The zero-order chi connectivity index (χ0) is 19.2. The second kappa shape index (κ2) is 8.68. The van der Waals surface area contributed by atoms with E-state index in [1.807, 2.05) is 35.8 Å². The van der Waals surface area contributed by atoms with Crippen LogP contribution in [0.3, 0.4) is 0 Å². The number of ketones is 1. The number of rotatable bonds is 9. The van der Waals surface area contributed by atoms with Gasteiger partial charge in [-0.05, 0) is 19.1 Å². The summed E-state index contributed by atoms with van der Waals surface area (Å²) < 4.78 is 7.28. The summed E-state index contributed by atoms with van der Waals surface area (Å²) in [6.07, 6.45) is 2.15. The Hall–Kier alpha value is -2.87. The van der Waals surface area contributed by atoms with Crippen molar-refractivity contribution in [2.75, 3.05) is 0 Å². The Bertz CT molecular complexity index is 906. The molecule has 0 aliphatic carbocycles. The number of nitrogens with zero attached hydrogens (tertiary/aromatic N) is 3. The smallest absolute Gasteiger partial charge is 0.217 e. The first-order valence-corrected chi connectivity index (χ1v) is 9.41. The van der Waals surface area contributed by atoms with E-state index in [-0.39, 0.29) is 17.5 Å². The van der Waals surface area contributed by atoms with Gasteiger partial charge in [-0.15, -0.1) is 10.2 Å². The molecule has 3 aromatic rings. The van der Waals surface area contributed by atoms with Crippen LogP contribution in [-0.4, -0.2) is 31.7 Å². The number of furan rings is 1. The average Bonchev–Trinajstić information content (AvgIpc) is 3.31. The molecule has 1 aromatic carbocycles. The summed E-state index contributed by atoms with van der Waals surface area (Å²) in [7, 11) is 0. The molecule has 3 rings (SSSR count). The predicted octanol–water partition coefficient (Wildman–Crippen LogP) is 2.70. The first-order valence-electron chi connectivity index (χ1n) is 8.53. The van der Waals surface area contributed by atoms with E-state index in [0.29, 0.717) is 29.5 Å². The number of hydrogen-bond donors (Lipinski definition) is 1. The third kappa shape index (κ3) is 4.85. The van der Waals surface area contributed by atoms with Gasteiger partial charge in [0.05, 0.1) is 18.1 Å². The standard InChI is InChI=1S/C19H20N4O3S/c1-13(18(25)14-6-3-2-4-7-14)27-19-22-21-17(10-9-16(20)24)23(19)12-15-8-5-11-26-15/h2-8,11,13H,9-10,12H2,1H3,(H2,20,24)/t13-/m0/s1. The zero-order valence-electron chi connectivity index (χ0n) is 14.9. The summed E-state index contributed by atoms with van der Waals surface area (Å²) in [5.74, 6) is 0.988. The topological polar surface area (TPSA) is 104 Å². The van der Waals surface area contributed by atoms with Crippen molar-refractivity contribution in [2.45, 2.75) is 36.7 Å². The molecule has 1 amide bonds. The second-order valence-corrected chi connectivity index (χ2v) is 7.33. The van der Waals surface area contributed by atoms with Crippen molar-refractivity contribution in [3.63, 3.8) is 0 Å². The van der Waals surface area contributed by atoms with Gasteiger partial charge in [-0.2, -0.15) is 0 Å². The summed E-state index contributed by atoms with van der Waals surface area (Å²) in [6, 6.07) is 12.8. The quantitative estimate of drug-likeness (QED) is 0.449. The molecule has 2 aromatic heterocycles. The molecule has 0 unspecified atom stereocenters. The highest BCUT2D eigenvalue weighted by molar-refractivity contribution is 8.00. The molecule has 0 aliphatic heterocycles. The van der Waals surface area contributed by atoms with Crippen molar-refractivity contribution in [1.82, 2.24) is 14.8 Å². The molecule has 0 saturated heterocycles. The van der Waals surface area contributed by atoms with Crippen molar-refractivity contribution in [3.8, 4) is 0 Å². The fraction of sp³-hybridized carbons (Fsp3) is 0.263. The van der Waals surface area contributed by atoms with Gasteiger partial charge in [0.2, 0.25) is 5.91 Å². The van der Waals surface area contributed by atoms with Gasteiger partial charge >= 0.3 is 0 Å². The maximum absolute atomic E-state index is 12.6. The number of carbonyl (C=O) groups excluding carboxylic acids is 2.